The molecule has 1 aromatic carbocycles. The van der Waals surface area contributed by atoms with Crippen LogP contribution in [-0.4, -0.2) is 54.1 Å². The van der Waals surface area contributed by atoms with Crippen LogP contribution in [0.25, 0.3) is 0 Å². The number of ketones is 1. The lowest BCUT2D eigenvalue weighted by molar-refractivity contribution is 0.0587. The van der Waals surface area contributed by atoms with Crippen LogP contribution < -0.4 is 9.47 Å². The van der Waals surface area contributed by atoms with Crippen LogP contribution in [-0.2, 0) is 11.3 Å². The highest BCUT2D eigenvalue weighted by atomic mass is 16.7. The molecule has 2 aromatic rings. The van der Waals surface area contributed by atoms with Gasteiger partial charge in [0.1, 0.15) is 5.69 Å². The third kappa shape index (κ3) is 4.35. The van der Waals surface area contributed by atoms with Crippen LogP contribution in [0.1, 0.15) is 63.2 Å². The summed E-state index contributed by atoms with van der Waals surface area (Å²) < 4.78 is 17.4. The molecule has 0 fully saturated rings. The van der Waals surface area contributed by atoms with Gasteiger partial charge in [0.15, 0.2) is 17.3 Å². The maximum Gasteiger partial charge on any atom is 0.354 e. The van der Waals surface area contributed by atoms with Crippen molar-refractivity contribution in [1.29, 1.82) is 0 Å². The van der Waals surface area contributed by atoms with E-state index < -0.39 is 5.97 Å². The number of hydrogen-bond donors (Lipinski definition) is 0. The molecule has 8 heteroatoms. The minimum absolute atomic E-state index is 0.0958. The third-order valence-electron chi connectivity index (χ3n) is 5.57. The van der Waals surface area contributed by atoms with E-state index in [9.17, 15) is 14.4 Å². The lowest BCUT2D eigenvalue weighted by Crippen LogP contribution is -2.38. The predicted octanol–water partition coefficient (Wildman–Crippen LogP) is 3.62. The Kier molecular flexibility index (Phi) is 6.91. The molecule has 1 aliphatic heterocycles. The average Bonchev–Trinajstić information content (AvgIpc) is 3.32. The first-order chi connectivity index (χ1) is 15.2. The van der Waals surface area contributed by atoms with Crippen molar-refractivity contribution >= 4 is 17.7 Å². The minimum Gasteiger partial charge on any atom is -0.464 e. The molecule has 0 saturated heterocycles. The number of ether oxygens (including phenoxy) is 3. The van der Waals surface area contributed by atoms with Gasteiger partial charge in [0, 0.05) is 29.9 Å². The van der Waals surface area contributed by atoms with Crippen molar-refractivity contribution < 1.29 is 28.6 Å². The number of rotatable bonds is 8. The second kappa shape index (κ2) is 9.46. The number of aromatic nitrogens is 1. The number of fused-ring (bicyclic) bond motifs is 1. The van der Waals surface area contributed by atoms with E-state index in [0.717, 1.165) is 0 Å². The van der Waals surface area contributed by atoms with Crippen LogP contribution in [0.5, 0.6) is 11.5 Å². The van der Waals surface area contributed by atoms with E-state index in [2.05, 4.69) is 0 Å². The molecule has 3 rings (SSSR count). The minimum atomic E-state index is -0.484. The van der Waals surface area contributed by atoms with Gasteiger partial charge in [-0.15, -0.1) is 0 Å². The zero-order chi connectivity index (χ0) is 23.6. The zero-order valence-corrected chi connectivity index (χ0v) is 19.5. The molecule has 0 radical (unpaired) electrons. The van der Waals surface area contributed by atoms with Crippen molar-refractivity contribution in [3.63, 3.8) is 0 Å². The first-order valence-corrected chi connectivity index (χ1v) is 10.7. The molecular formula is C24H30N2O6. The molecule has 0 aliphatic carbocycles. The fourth-order valence-electron chi connectivity index (χ4n) is 4.19. The van der Waals surface area contributed by atoms with Crippen LogP contribution in [0, 0.1) is 19.8 Å². The molecule has 1 aromatic heterocycles. The standard InChI is InChI=1S/C24H30N2O6/c1-7-26-16(5)21(15(4)22(26)24(29)30-6)18(27)12-25(11-14(2)3)23(28)17-8-9-19-20(10-17)32-13-31-19/h8-10,14H,7,11-13H2,1-6H3. The van der Waals surface area contributed by atoms with E-state index in [0.29, 0.717) is 52.7 Å². The van der Waals surface area contributed by atoms with Crippen molar-refractivity contribution in [2.75, 3.05) is 27.0 Å². The number of hydrogen-bond acceptors (Lipinski definition) is 6. The highest BCUT2D eigenvalue weighted by Gasteiger charge is 2.29. The van der Waals surface area contributed by atoms with E-state index in [4.69, 9.17) is 14.2 Å². The van der Waals surface area contributed by atoms with Crippen LogP contribution >= 0.6 is 0 Å². The van der Waals surface area contributed by atoms with Gasteiger partial charge in [-0.05, 0) is 50.5 Å². The first kappa shape index (κ1) is 23.4. The van der Waals surface area contributed by atoms with Gasteiger partial charge in [0.2, 0.25) is 6.79 Å². The lowest BCUT2D eigenvalue weighted by Gasteiger charge is -2.24. The van der Waals surface area contributed by atoms with Gasteiger partial charge in [-0.3, -0.25) is 9.59 Å². The molecular weight excluding hydrogens is 412 g/mol. The first-order valence-electron chi connectivity index (χ1n) is 10.7. The van der Waals surface area contributed by atoms with Crippen LogP contribution in [0.4, 0.5) is 0 Å². The molecule has 1 aliphatic rings. The van der Waals surface area contributed by atoms with E-state index in [1.54, 1.807) is 34.6 Å². The Morgan fingerprint density at radius 1 is 1.16 bits per heavy atom. The molecule has 0 spiro atoms. The zero-order valence-electron chi connectivity index (χ0n) is 19.5. The molecule has 0 atom stereocenters. The summed E-state index contributed by atoms with van der Waals surface area (Å²) in [7, 11) is 1.32. The Morgan fingerprint density at radius 2 is 1.84 bits per heavy atom. The summed E-state index contributed by atoms with van der Waals surface area (Å²) in [4.78, 5) is 40.5. The topological polar surface area (TPSA) is 87.1 Å². The van der Waals surface area contributed by atoms with Gasteiger partial charge in [0.05, 0.1) is 13.7 Å². The molecule has 0 bridgehead atoms. The van der Waals surface area contributed by atoms with E-state index in [1.165, 1.54) is 7.11 Å². The molecule has 8 nitrogen and oxygen atoms in total. The quantitative estimate of drug-likeness (QED) is 0.458. The monoisotopic (exact) mass is 442 g/mol. The summed E-state index contributed by atoms with van der Waals surface area (Å²) in [6.45, 7) is 10.4. The van der Waals surface area contributed by atoms with Crippen molar-refractivity contribution in [1.82, 2.24) is 9.47 Å². The van der Waals surface area contributed by atoms with Gasteiger partial charge in [-0.1, -0.05) is 13.8 Å². The second-order valence-electron chi connectivity index (χ2n) is 8.24. The number of amides is 1. The summed E-state index contributed by atoms with van der Waals surface area (Å²) in [5.41, 5.74) is 2.52. The van der Waals surface area contributed by atoms with Crippen LogP contribution in [0.3, 0.4) is 0 Å². The summed E-state index contributed by atoms with van der Waals surface area (Å²) in [6, 6.07) is 5.01. The molecule has 0 saturated carbocycles. The molecule has 0 unspecified atom stereocenters. The van der Waals surface area contributed by atoms with Crippen molar-refractivity contribution in [2.45, 2.75) is 41.2 Å². The highest BCUT2D eigenvalue weighted by molar-refractivity contribution is 6.06. The van der Waals surface area contributed by atoms with Crippen LogP contribution in [0.2, 0.25) is 0 Å². The lowest BCUT2D eigenvalue weighted by atomic mass is 10.0. The van der Waals surface area contributed by atoms with E-state index >= 15 is 0 Å². The Bertz CT molecular complexity index is 1050. The van der Waals surface area contributed by atoms with Gasteiger partial charge < -0.3 is 23.7 Å². The average molecular weight is 443 g/mol. The summed E-state index contributed by atoms with van der Waals surface area (Å²) in [5, 5.41) is 0. The fourth-order valence-corrected chi connectivity index (χ4v) is 4.19. The van der Waals surface area contributed by atoms with Gasteiger partial charge in [-0.25, -0.2) is 4.79 Å². The Morgan fingerprint density at radius 3 is 2.47 bits per heavy atom. The number of nitrogens with zero attached hydrogens (tertiary/aromatic N) is 2. The maximum absolute atomic E-state index is 13.4. The molecule has 0 N–H and O–H groups in total. The summed E-state index contributed by atoms with van der Waals surface area (Å²) in [5.74, 6) is 0.309. The van der Waals surface area contributed by atoms with Crippen LogP contribution in [0.15, 0.2) is 18.2 Å². The largest absolute Gasteiger partial charge is 0.464 e. The molecule has 1 amide bonds. The SMILES string of the molecule is CCn1c(C)c(C(=O)CN(CC(C)C)C(=O)c2ccc3c(c2)OCO3)c(C)c1C(=O)OC. The number of benzene rings is 1. The number of carbonyl (C=O) groups is 3. The molecule has 172 valence electrons. The second-order valence-corrected chi connectivity index (χ2v) is 8.24. The van der Waals surface area contributed by atoms with E-state index in [1.807, 2.05) is 27.7 Å². The van der Waals surface area contributed by atoms with Gasteiger partial charge in [-0.2, -0.15) is 0 Å². The van der Waals surface area contributed by atoms with E-state index in [-0.39, 0.29) is 30.9 Å². The highest BCUT2D eigenvalue weighted by Crippen LogP contribution is 2.33. The van der Waals surface area contributed by atoms with Crippen molar-refractivity contribution in [3.05, 3.63) is 46.3 Å². The fraction of sp³-hybridized carbons (Fsp3) is 0.458. The number of methoxy groups -OCH3 is 1. The third-order valence-corrected chi connectivity index (χ3v) is 5.57. The molecule has 2 heterocycles. The van der Waals surface area contributed by atoms with Crippen molar-refractivity contribution in [3.8, 4) is 11.5 Å². The summed E-state index contributed by atoms with van der Waals surface area (Å²) >= 11 is 0. The van der Waals surface area contributed by atoms with Crippen molar-refractivity contribution in [2.24, 2.45) is 5.92 Å². The molecule has 32 heavy (non-hydrogen) atoms. The Hall–Kier alpha value is -3.29. The predicted molar refractivity (Wildman–Crippen MR) is 119 cm³/mol. The normalized spacial score (nSPS) is 12.2. The van der Waals surface area contributed by atoms with Gasteiger partial charge >= 0.3 is 5.97 Å². The number of carbonyl (C=O) groups excluding carboxylic acids is 3. The Labute approximate surface area is 188 Å². The smallest absolute Gasteiger partial charge is 0.354 e. The number of esters is 1. The Balaban J connectivity index is 1.93. The number of Topliss-reactive ketones (excluding diaryl/α,β-unsaturated/α-hetero) is 1. The van der Waals surface area contributed by atoms with Gasteiger partial charge in [0.25, 0.3) is 5.91 Å². The maximum atomic E-state index is 13.4. The summed E-state index contributed by atoms with van der Waals surface area (Å²) in [6.07, 6.45) is 0.